The Balaban J connectivity index is 1.96. The molecule has 0 atom stereocenters. The number of carbonyl (C=O) groups excluding carboxylic acids is 1. The molecular formula is C20H22N2O2. The summed E-state index contributed by atoms with van der Waals surface area (Å²) >= 11 is 0. The minimum absolute atomic E-state index is 0.0167. The zero-order valence-corrected chi connectivity index (χ0v) is 14.1. The Morgan fingerprint density at radius 1 is 1.00 bits per heavy atom. The van der Waals surface area contributed by atoms with E-state index in [0.29, 0.717) is 17.9 Å². The van der Waals surface area contributed by atoms with Gasteiger partial charge in [-0.3, -0.25) is 4.79 Å². The molecule has 3 rings (SSSR count). The Labute approximate surface area is 143 Å². The second-order valence-corrected chi connectivity index (χ2v) is 6.10. The SMILES string of the molecule is CN(C)CCCN1C(=O)c2ccccc2OC=C1c1ccccc1. The molecule has 4 heteroatoms. The minimum Gasteiger partial charge on any atom is -0.462 e. The molecule has 24 heavy (non-hydrogen) atoms. The van der Waals surface area contributed by atoms with Crippen LogP contribution >= 0.6 is 0 Å². The van der Waals surface area contributed by atoms with Crippen LogP contribution in [0.25, 0.3) is 5.70 Å². The zero-order valence-electron chi connectivity index (χ0n) is 14.1. The molecular weight excluding hydrogens is 300 g/mol. The molecule has 2 aromatic carbocycles. The predicted molar refractivity (Wildman–Crippen MR) is 95.7 cm³/mol. The molecule has 1 aliphatic rings. The van der Waals surface area contributed by atoms with Crippen LogP contribution in [0.2, 0.25) is 0 Å². The summed E-state index contributed by atoms with van der Waals surface area (Å²) in [7, 11) is 4.08. The first-order valence-corrected chi connectivity index (χ1v) is 8.14. The Bertz CT molecular complexity index is 738. The van der Waals surface area contributed by atoms with Crippen LogP contribution < -0.4 is 4.74 Å². The topological polar surface area (TPSA) is 32.8 Å². The molecule has 0 aromatic heterocycles. The van der Waals surface area contributed by atoms with E-state index in [1.807, 2.05) is 73.6 Å². The fourth-order valence-electron chi connectivity index (χ4n) is 2.78. The Kier molecular flexibility index (Phi) is 4.96. The summed E-state index contributed by atoms with van der Waals surface area (Å²) in [6.07, 6.45) is 2.58. The van der Waals surface area contributed by atoms with Crippen molar-refractivity contribution in [3.8, 4) is 5.75 Å². The van der Waals surface area contributed by atoms with E-state index in [4.69, 9.17) is 4.74 Å². The number of para-hydroxylation sites is 1. The second-order valence-electron chi connectivity index (χ2n) is 6.10. The van der Waals surface area contributed by atoms with Gasteiger partial charge in [0.05, 0.1) is 11.3 Å². The van der Waals surface area contributed by atoms with Crippen LogP contribution in [0.15, 0.2) is 60.9 Å². The third kappa shape index (κ3) is 3.49. The second kappa shape index (κ2) is 7.32. The van der Waals surface area contributed by atoms with Crippen molar-refractivity contribution in [2.24, 2.45) is 0 Å². The van der Waals surface area contributed by atoms with Gasteiger partial charge >= 0.3 is 0 Å². The van der Waals surface area contributed by atoms with E-state index in [1.54, 1.807) is 6.26 Å². The maximum absolute atomic E-state index is 13.1. The van der Waals surface area contributed by atoms with Crippen LogP contribution in [-0.2, 0) is 0 Å². The number of rotatable bonds is 5. The monoisotopic (exact) mass is 322 g/mol. The van der Waals surface area contributed by atoms with Gasteiger partial charge in [0.25, 0.3) is 5.91 Å². The van der Waals surface area contributed by atoms with E-state index in [2.05, 4.69) is 4.90 Å². The van der Waals surface area contributed by atoms with Crippen molar-refractivity contribution in [1.82, 2.24) is 9.80 Å². The van der Waals surface area contributed by atoms with Crippen LogP contribution in [0.4, 0.5) is 0 Å². The summed E-state index contributed by atoms with van der Waals surface area (Å²) in [5.41, 5.74) is 2.38. The van der Waals surface area contributed by atoms with Crippen LogP contribution in [0, 0.1) is 0 Å². The minimum atomic E-state index is -0.0167. The lowest BCUT2D eigenvalue weighted by atomic mass is 10.1. The lowest BCUT2D eigenvalue weighted by Gasteiger charge is -2.24. The molecule has 0 saturated heterocycles. The highest BCUT2D eigenvalue weighted by atomic mass is 16.5. The van der Waals surface area contributed by atoms with Gasteiger partial charge in [-0.2, -0.15) is 0 Å². The number of fused-ring (bicyclic) bond motifs is 1. The molecule has 124 valence electrons. The lowest BCUT2D eigenvalue weighted by molar-refractivity contribution is 0.0833. The highest BCUT2D eigenvalue weighted by molar-refractivity contribution is 6.02. The summed E-state index contributed by atoms with van der Waals surface area (Å²) < 4.78 is 5.81. The first-order valence-electron chi connectivity index (χ1n) is 8.14. The van der Waals surface area contributed by atoms with Gasteiger partial charge in [0.1, 0.15) is 12.0 Å². The third-order valence-electron chi connectivity index (χ3n) is 4.01. The number of carbonyl (C=O) groups is 1. The predicted octanol–water partition coefficient (Wildman–Crippen LogP) is 3.47. The summed E-state index contributed by atoms with van der Waals surface area (Å²) in [4.78, 5) is 17.0. The van der Waals surface area contributed by atoms with Crippen LogP contribution in [0.5, 0.6) is 5.75 Å². The van der Waals surface area contributed by atoms with Crippen LogP contribution in [0.1, 0.15) is 22.3 Å². The van der Waals surface area contributed by atoms with Crippen molar-refractivity contribution in [2.45, 2.75) is 6.42 Å². The van der Waals surface area contributed by atoms with Crippen molar-refractivity contribution in [1.29, 1.82) is 0 Å². The number of ether oxygens (including phenoxy) is 1. The molecule has 0 aliphatic carbocycles. The summed E-state index contributed by atoms with van der Waals surface area (Å²) in [5, 5.41) is 0. The van der Waals surface area contributed by atoms with Gasteiger partial charge < -0.3 is 14.5 Å². The number of amides is 1. The van der Waals surface area contributed by atoms with Gasteiger partial charge in [0.2, 0.25) is 0 Å². The first kappa shape index (κ1) is 16.3. The van der Waals surface area contributed by atoms with Crippen molar-refractivity contribution in [3.05, 3.63) is 72.0 Å². The van der Waals surface area contributed by atoms with Gasteiger partial charge in [-0.05, 0) is 39.2 Å². The zero-order chi connectivity index (χ0) is 16.9. The smallest absolute Gasteiger partial charge is 0.262 e. The van der Waals surface area contributed by atoms with Gasteiger partial charge in [0, 0.05) is 12.1 Å². The van der Waals surface area contributed by atoms with Crippen molar-refractivity contribution < 1.29 is 9.53 Å². The molecule has 0 bridgehead atoms. The quantitative estimate of drug-likeness (QED) is 0.845. The summed E-state index contributed by atoms with van der Waals surface area (Å²) in [6.45, 7) is 1.57. The van der Waals surface area contributed by atoms with E-state index in [-0.39, 0.29) is 5.91 Å². The average molecular weight is 322 g/mol. The maximum atomic E-state index is 13.1. The molecule has 0 fully saturated rings. The largest absolute Gasteiger partial charge is 0.462 e. The molecule has 4 nitrogen and oxygen atoms in total. The normalized spacial score (nSPS) is 14.0. The standard InChI is InChI=1S/C20H22N2O2/c1-21(2)13-8-14-22-18(16-9-4-3-5-10-16)15-24-19-12-7-6-11-17(19)20(22)23/h3-7,9-12,15H,8,13-14H2,1-2H3. The molecule has 0 spiro atoms. The Hall–Kier alpha value is -2.59. The highest BCUT2D eigenvalue weighted by Gasteiger charge is 2.26. The molecule has 1 heterocycles. The number of nitrogens with zero attached hydrogens (tertiary/aromatic N) is 2. The summed E-state index contributed by atoms with van der Waals surface area (Å²) in [5.74, 6) is 0.586. The first-order chi connectivity index (χ1) is 11.7. The lowest BCUT2D eigenvalue weighted by Crippen LogP contribution is -2.31. The average Bonchev–Trinajstić information content (AvgIpc) is 2.73. The Morgan fingerprint density at radius 2 is 1.71 bits per heavy atom. The van der Waals surface area contributed by atoms with Crippen molar-refractivity contribution in [3.63, 3.8) is 0 Å². The molecule has 0 radical (unpaired) electrons. The highest BCUT2D eigenvalue weighted by Crippen LogP contribution is 2.30. The van der Waals surface area contributed by atoms with E-state index in [0.717, 1.165) is 24.2 Å². The van der Waals surface area contributed by atoms with Gasteiger partial charge in [-0.1, -0.05) is 42.5 Å². The van der Waals surface area contributed by atoms with Crippen molar-refractivity contribution in [2.75, 3.05) is 27.2 Å². The van der Waals surface area contributed by atoms with E-state index in [9.17, 15) is 4.79 Å². The van der Waals surface area contributed by atoms with Crippen molar-refractivity contribution >= 4 is 11.6 Å². The van der Waals surface area contributed by atoms with E-state index in [1.165, 1.54) is 0 Å². The Morgan fingerprint density at radius 3 is 2.46 bits per heavy atom. The van der Waals surface area contributed by atoms with Gasteiger partial charge in [-0.25, -0.2) is 0 Å². The molecule has 1 aliphatic heterocycles. The number of benzene rings is 2. The fourth-order valence-corrected chi connectivity index (χ4v) is 2.78. The molecule has 0 unspecified atom stereocenters. The third-order valence-corrected chi connectivity index (χ3v) is 4.01. The van der Waals surface area contributed by atoms with Crippen LogP contribution in [0.3, 0.4) is 0 Å². The molecule has 0 N–H and O–H groups in total. The summed E-state index contributed by atoms with van der Waals surface area (Å²) in [6, 6.07) is 17.3. The van der Waals surface area contributed by atoms with Gasteiger partial charge in [-0.15, -0.1) is 0 Å². The van der Waals surface area contributed by atoms with Crippen LogP contribution in [-0.4, -0.2) is 42.9 Å². The van der Waals surface area contributed by atoms with E-state index < -0.39 is 0 Å². The molecule has 1 amide bonds. The molecule has 0 saturated carbocycles. The molecule has 2 aromatic rings. The maximum Gasteiger partial charge on any atom is 0.262 e. The number of hydrogen-bond donors (Lipinski definition) is 0. The van der Waals surface area contributed by atoms with Gasteiger partial charge in [0.15, 0.2) is 0 Å². The number of hydrogen-bond acceptors (Lipinski definition) is 3. The fraction of sp³-hybridized carbons (Fsp3) is 0.250. The van der Waals surface area contributed by atoms with E-state index >= 15 is 0 Å².